The van der Waals surface area contributed by atoms with Gasteiger partial charge in [-0.25, -0.2) is 0 Å². The number of anilines is 1. The first-order chi connectivity index (χ1) is 7.69. The molecule has 7 heteroatoms. The predicted octanol–water partition coefficient (Wildman–Crippen LogP) is 0.593. The highest BCUT2D eigenvalue weighted by molar-refractivity contribution is 5.50. The Labute approximate surface area is 91.8 Å². The van der Waals surface area contributed by atoms with Crippen molar-refractivity contribution in [2.24, 2.45) is 7.05 Å². The number of nitrogens with two attached hydrogens (primary N) is 1. The van der Waals surface area contributed by atoms with Crippen LogP contribution in [0.3, 0.4) is 0 Å². The summed E-state index contributed by atoms with van der Waals surface area (Å²) in [6.45, 7) is 0. The van der Waals surface area contributed by atoms with E-state index in [-0.39, 0.29) is 11.9 Å². The number of hydrogen-bond donors (Lipinski definition) is 1. The van der Waals surface area contributed by atoms with Crippen molar-refractivity contribution in [1.82, 2.24) is 19.7 Å². The zero-order valence-corrected chi connectivity index (χ0v) is 8.91. The number of pyridine rings is 1. The smallest absolute Gasteiger partial charge is 0.342 e. The maximum atomic E-state index is 5.69. The molecule has 0 aliphatic carbocycles. The molecular formula is C9H11N5O2. The Balaban J connectivity index is 2.26. The minimum absolute atomic E-state index is 0.190. The molecule has 84 valence electrons. The number of aryl methyl sites for hydroxylation is 1. The van der Waals surface area contributed by atoms with Crippen LogP contribution in [0.1, 0.15) is 0 Å². The van der Waals surface area contributed by atoms with Crippen LogP contribution in [0.25, 0.3) is 0 Å². The van der Waals surface area contributed by atoms with E-state index in [1.807, 2.05) is 0 Å². The van der Waals surface area contributed by atoms with Crippen LogP contribution in [0.5, 0.6) is 17.8 Å². The zero-order valence-electron chi connectivity index (χ0n) is 8.91. The lowest BCUT2D eigenvalue weighted by Gasteiger charge is -2.05. The molecule has 2 aromatic rings. The van der Waals surface area contributed by atoms with Gasteiger partial charge < -0.3 is 15.2 Å². The van der Waals surface area contributed by atoms with E-state index in [0.29, 0.717) is 11.6 Å². The summed E-state index contributed by atoms with van der Waals surface area (Å²) < 4.78 is 11.8. The molecule has 0 fully saturated rings. The zero-order chi connectivity index (χ0) is 11.5. The van der Waals surface area contributed by atoms with Gasteiger partial charge in [-0.15, -0.1) is 5.10 Å². The Kier molecular flexibility index (Phi) is 2.59. The van der Waals surface area contributed by atoms with E-state index < -0.39 is 0 Å². The lowest BCUT2D eigenvalue weighted by molar-refractivity contribution is 0.376. The van der Waals surface area contributed by atoms with Gasteiger partial charge in [0, 0.05) is 13.1 Å². The quantitative estimate of drug-likeness (QED) is 0.816. The van der Waals surface area contributed by atoms with E-state index >= 15 is 0 Å². The highest BCUT2D eigenvalue weighted by atomic mass is 16.5. The first kappa shape index (κ1) is 10.2. The van der Waals surface area contributed by atoms with E-state index in [0.717, 1.165) is 0 Å². The predicted molar refractivity (Wildman–Crippen MR) is 56.3 cm³/mol. The van der Waals surface area contributed by atoms with Crippen LogP contribution >= 0.6 is 0 Å². The molecule has 0 radical (unpaired) electrons. The molecule has 16 heavy (non-hydrogen) atoms. The second-order valence-corrected chi connectivity index (χ2v) is 3.05. The molecule has 0 aromatic carbocycles. The summed E-state index contributed by atoms with van der Waals surface area (Å²) in [6.07, 6.45) is 1.52. The average Bonchev–Trinajstić information content (AvgIpc) is 2.67. The van der Waals surface area contributed by atoms with Gasteiger partial charge in [0.25, 0.3) is 0 Å². The van der Waals surface area contributed by atoms with E-state index in [9.17, 15) is 0 Å². The molecular weight excluding hydrogens is 210 g/mol. The van der Waals surface area contributed by atoms with Crippen molar-refractivity contribution in [2.45, 2.75) is 0 Å². The molecule has 0 atom stereocenters. The fourth-order valence-corrected chi connectivity index (χ4v) is 1.08. The summed E-state index contributed by atoms with van der Waals surface area (Å²) in [5.74, 6) is 0.644. The van der Waals surface area contributed by atoms with Crippen molar-refractivity contribution < 1.29 is 9.47 Å². The van der Waals surface area contributed by atoms with Crippen LogP contribution in [0.4, 0.5) is 5.69 Å². The van der Waals surface area contributed by atoms with Gasteiger partial charge in [-0.05, 0) is 6.07 Å². The molecule has 0 amide bonds. The van der Waals surface area contributed by atoms with Crippen molar-refractivity contribution >= 4 is 5.69 Å². The minimum atomic E-state index is 0.190. The first-order valence-corrected chi connectivity index (χ1v) is 4.53. The summed E-state index contributed by atoms with van der Waals surface area (Å²) in [4.78, 5) is 7.94. The lowest BCUT2D eigenvalue weighted by atomic mass is 10.4. The van der Waals surface area contributed by atoms with Crippen molar-refractivity contribution in [3.63, 3.8) is 0 Å². The number of ether oxygens (including phenoxy) is 2. The van der Waals surface area contributed by atoms with Crippen LogP contribution < -0.4 is 15.2 Å². The normalized spacial score (nSPS) is 10.1. The molecule has 7 nitrogen and oxygen atoms in total. The van der Waals surface area contributed by atoms with Crippen LogP contribution in [0.2, 0.25) is 0 Å². The molecule has 0 bridgehead atoms. The number of rotatable bonds is 3. The van der Waals surface area contributed by atoms with Crippen molar-refractivity contribution in [3.05, 3.63) is 18.5 Å². The van der Waals surface area contributed by atoms with Gasteiger partial charge in [-0.3, -0.25) is 4.68 Å². The summed E-state index contributed by atoms with van der Waals surface area (Å²) in [6, 6.07) is 3.48. The lowest BCUT2D eigenvalue weighted by Crippen LogP contribution is -1.98. The van der Waals surface area contributed by atoms with Crippen LogP contribution in [0, 0.1) is 0 Å². The Morgan fingerprint density at radius 1 is 1.38 bits per heavy atom. The maximum Gasteiger partial charge on any atom is 0.342 e. The minimum Gasteiger partial charge on any atom is -0.481 e. The molecule has 0 spiro atoms. The Morgan fingerprint density at radius 3 is 2.81 bits per heavy atom. The van der Waals surface area contributed by atoms with Crippen LogP contribution in [-0.4, -0.2) is 26.9 Å². The standard InChI is InChI=1S/C9H11N5O2/c1-14-5-11-9(13-14)16-8-6(10)3-4-7(12-8)15-2/h3-5H,10H2,1-2H3. The van der Waals surface area contributed by atoms with Gasteiger partial charge >= 0.3 is 6.01 Å². The van der Waals surface area contributed by atoms with Gasteiger partial charge in [0.2, 0.25) is 11.8 Å². The van der Waals surface area contributed by atoms with Gasteiger partial charge in [-0.2, -0.15) is 9.97 Å². The van der Waals surface area contributed by atoms with Crippen LogP contribution in [0.15, 0.2) is 18.5 Å². The third kappa shape index (κ3) is 2.02. The molecule has 2 rings (SSSR count). The van der Waals surface area contributed by atoms with Gasteiger partial charge in [0.1, 0.15) is 6.33 Å². The fourth-order valence-electron chi connectivity index (χ4n) is 1.08. The summed E-state index contributed by atoms with van der Waals surface area (Å²) in [5, 5.41) is 3.95. The Bertz CT molecular complexity index is 496. The van der Waals surface area contributed by atoms with Crippen molar-refractivity contribution in [2.75, 3.05) is 12.8 Å². The van der Waals surface area contributed by atoms with Crippen molar-refractivity contribution in [3.8, 4) is 17.8 Å². The average molecular weight is 221 g/mol. The second-order valence-electron chi connectivity index (χ2n) is 3.05. The van der Waals surface area contributed by atoms with Gasteiger partial charge in [-0.1, -0.05) is 0 Å². The fraction of sp³-hybridized carbons (Fsp3) is 0.222. The largest absolute Gasteiger partial charge is 0.481 e. The summed E-state index contributed by atoms with van der Waals surface area (Å²) in [5.41, 5.74) is 6.09. The number of hydrogen-bond acceptors (Lipinski definition) is 6. The van der Waals surface area contributed by atoms with E-state index in [1.54, 1.807) is 19.2 Å². The monoisotopic (exact) mass is 221 g/mol. The molecule has 2 aromatic heterocycles. The Morgan fingerprint density at radius 2 is 2.19 bits per heavy atom. The molecule has 0 aliphatic rings. The molecule has 0 unspecified atom stereocenters. The topological polar surface area (TPSA) is 88.1 Å². The SMILES string of the molecule is COc1ccc(N)c(Oc2ncn(C)n2)n1. The number of methoxy groups -OCH3 is 1. The molecule has 0 saturated carbocycles. The van der Waals surface area contributed by atoms with Crippen LogP contribution in [-0.2, 0) is 7.05 Å². The maximum absolute atomic E-state index is 5.69. The molecule has 0 aliphatic heterocycles. The molecule has 2 N–H and O–H groups in total. The van der Waals surface area contributed by atoms with Gasteiger partial charge in [0.05, 0.1) is 12.8 Å². The number of nitrogen functional groups attached to an aromatic ring is 1. The molecule has 0 saturated heterocycles. The van der Waals surface area contributed by atoms with E-state index in [4.69, 9.17) is 15.2 Å². The highest BCUT2D eigenvalue weighted by Gasteiger charge is 2.08. The van der Waals surface area contributed by atoms with E-state index in [1.165, 1.54) is 18.1 Å². The summed E-state index contributed by atoms with van der Waals surface area (Å²) >= 11 is 0. The van der Waals surface area contributed by atoms with Gasteiger partial charge in [0.15, 0.2) is 0 Å². The first-order valence-electron chi connectivity index (χ1n) is 4.53. The summed E-state index contributed by atoms with van der Waals surface area (Å²) in [7, 11) is 3.25. The highest BCUT2D eigenvalue weighted by Crippen LogP contribution is 2.25. The number of nitrogens with zero attached hydrogens (tertiary/aromatic N) is 4. The van der Waals surface area contributed by atoms with E-state index in [2.05, 4.69) is 15.1 Å². The third-order valence-electron chi connectivity index (χ3n) is 1.84. The third-order valence-corrected chi connectivity index (χ3v) is 1.84. The number of aromatic nitrogens is 4. The molecule has 2 heterocycles. The second kappa shape index (κ2) is 4.05. The van der Waals surface area contributed by atoms with Crippen molar-refractivity contribution in [1.29, 1.82) is 0 Å². The Hall–Kier alpha value is -2.31.